The normalized spacial score (nSPS) is 25.5. The third kappa shape index (κ3) is 3.64. The minimum absolute atomic E-state index is 0.264. The molecule has 1 rings (SSSR count). The molecule has 1 saturated heterocycles. The Kier molecular flexibility index (Phi) is 4.29. The molecule has 1 heterocycles. The molecule has 0 aromatic carbocycles. The van der Waals surface area contributed by atoms with Gasteiger partial charge in [-0.25, -0.2) is 4.79 Å². The van der Waals surface area contributed by atoms with Crippen LogP contribution in [0.25, 0.3) is 0 Å². The molecule has 1 fully saturated rings. The topological polar surface area (TPSA) is 60.8 Å². The van der Waals surface area contributed by atoms with E-state index in [9.17, 15) is 9.90 Å². The zero-order valence-electron chi connectivity index (χ0n) is 9.31. The zero-order valence-corrected chi connectivity index (χ0v) is 9.31. The van der Waals surface area contributed by atoms with Gasteiger partial charge in [-0.15, -0.1) is 0 Å². The molecule has 1 aliphatic heterocycles. The van der Waals surface area contributed by atoms with Crippen LogP contribution in [0, 0.1) is 5.92 Å². The van der Waals surface area contributed by atoms with Gasteiger partial charge in [0.05, 0.1) is 6.10 Å². The predicted molar refractivity (Wildman–Crippen MR) is 57.6 cm³/mol. The van der Waals surface area contributed by atoms with Gasteiger partial charge in [0.25, 0.3) is 0 Å². The number of carbonyl (C=O) groups is 1. The lowest BCUT2D eigenvalue weighted by atomic mass is 10.0. The highest BCUT2D eigenvalue weighted by atomic mass is 16.4. The molecule has 1 aliphatic rings. The molecule has 0 aromatic heterocycles. The van der Waals surface area contributed by atoms with Crippen molar-refractivity contribution in [3.05, 3.63) is 11.6 Å². The van der Waals surface area contributed by atoms with E-state index in [-0.39, 0.29) is 6.10 Å². The van der Waals surface area contributed by atoms with Crippen molar-refractivity contribution in [2.24, 2.45) is 5.92 Å². The number of rotatable bonds is 4. The minimum Gasteiger partial charge on any atom is -0.478 e. The summed E-state index contributed by atoms with van der Waals surface area (Å²) in [5.74, 6) is -0.523. The first kappa shape index (κ1) is 12.2. The maximum Gasteiger partial charge on any atom is 0.330 e. The Hall–Kier alpha value is -0.870. The molecule has 0 bridgehead atoms. The van der Waals surface area contributed by atoms with Gasteiger partial charge in [-0.2, -0.15) is 0 Å². The van der Waals surface area contributed by atoms with E-state index in [1.807, 2.05) is 6.92 Å². The Labute approximate surface area is 90.2 Å². The van der Waals surface area contributed by atoms with Crippen molar-refractivity contribution >= 4 is 5.97 Å². The summed E-state index contributed by atoms with van der Waals surface area (Å²) in [6, 6.07) is 0. The second-order valence-electron chi connectivity index (χ2n) is 4.24. The quantitative estimate of drug-likeness (QED) is 0.675. The van der Waals surface area contributed by atoms with Crippen LogP contribution in [-0.2, 0) is 4.79 Å². The van der Waals surface area contributed by atoms with E-state index in [2.05, 4.69) is 4.90 Å². The monoisotopic (exact) mass is 213 g/mol. The molecule has 4 nitrogen and oxygen atoms in total. The average molecular weight is 213 g/mol. The van der Waals surface area contributed by atoms with Gasteiger partial charge in [0, 0.05) is 18.7 Å². The Morgan fingerprint density at radius 1 is 1.67 bits per heavy atom. The van der Waals surface area contributed by atoms with Gasteiger partial charge in [-0.3, -0.25) is 4.90 Å². The fourth-order valence-electron chi connectivity index (χ4n) is 1.78. The number of carboxylic acid groups (broad SMARTS) is 1. The van der Waals surface area contributed by atoms with Gasteiger partial charge < -0.3 is 10.2 Å². The van der Waals surface area contributed by atoms with E-state index in [1.54, 1.807) is 13.0 Å². The second-order valence-corrected chi connectivity index (χ2v) is 4.24. The molecule has 15 heavy (non-hydrogen) atoms. The summed E-state index contributed by atoms with van der Waals surface area (Å²) in [4.78, 5) is 12.7. The SMILES string of the molecule is C/C(=C/CN1CCC(C(C)O)C1)C(=O)O. The number of hydrogen-bond donors (Lipinski definition) is 2. The maximum atomic E-state index is 10.5. The van der Waals surface area contributed by atoms with Gasteiger partial charge in [0.2, 0.25) is 0 Å². The zero-order chi connectivity index (χ0) is 11.4. The summed E-state index contributed by atoms with van der Waals surface area (Å²) in [5.41, 5.74) is 0.385. The number of carboxylic acids is 1. The van der Waals surface area contributed by atoms with E-state index in [1.165, 1.54) is 0 Å². The first-order valence-corrected chi connectivity index (χ1v) is 5.31. The van der Waals surface area contributed by atoms with Crippen molar-refractivity contribution in [2.75, 3.05) is 19.6 Å². The first-order chi connectivity index (χ1) is 7.00. The number of aliphatic hydroxyl groups is 1. The van der Waals surface area contributed by atoms with Crippen molar-refractivity contribution in [1.29, 1.82) is 0 Å². The summed E-state index contributed by atoms with van der Waals surface area (Å²) < 4.78 is 0. The van der Waals surface area contributed by atoms with Gasteiger partial charge in [-0.05, 0) is 32.7 Å². The fraction of sp³-hybridized carbons (Fsp3) is 0.727. The Bertz CT molecular complexity index is 261. The molecule has 0 amide bonds. The van der Waals surface area contributed by atoms with Crippen LogP contribution < -0.4 is 0 Å². The van der Waals surface area contributed by atoms with Crippen LogP contribution in [0.1, 0.15) is 20.3 Å². The lowest BCUT2D eigenvalue weighted by molar-refractivity contribution is -0.132. The first-order valence-electron chi connectivity index (χ1n) is 5.31. The highest BCUT2D eigenvalue weighted by molar-refractivity contribution is 5.85. The lowest BCUT2D eigenvalue weighted by Crippen LogP contribution is -2.24. The van der Waals surface area contributed by atoms with Crippen LogP contribution in [0.2, 0.25) is 0 Å². The lowest BCUT2D eigenvalue weighted by Gasteiger charge is -2.15. The Morgan fingerprint density at radius 3 is 2.80 bits per heavy atom. The van der Waals surface area contributed by atoms with Gasteiger partial charge in [-0.1, -0.05) is 6.08 Å². The fourth-order valence-corrected chi connectivity index (χ4v) is 1.78. The summed E-state index contributed by atoms with van der Waals surface area (Å²) >= 11 is 0. The molecule has 4 heteroatoms. The van der Waals surface area contributed by atoms with Crippen LogP contribution in [0.15, 0.2) is 11.6 Å². The number of aliphatic carboxylic acids is 1. The standard InChI is InChI=1S/C11H19NO3/c1-8(11(14)15)3-5-12-6-4-10(7-12)9(2)13/h3,9-10,13H,4-7H2,1-2H3,(H,14,15)/b8-3-. The predicted octanol–water partition coefficient (Wildman–Crippen LogP) is 0.720. The molecule has 86 valence electrons. The summed E-state index contributed by atoms with van der Waals surface area (Å²) in [7, 11) is 0. The summed E-state index contributed by atoms with van der Waals surface area (Å²) in [5, 5.41) is 18.1. The smallest absolute Gasteiger partial charge is 0.330 e. The molecule has 0 saturated carbocycles. The minimum atomic E-state index is -0.860. The van der Waals surface area contributed by atoms with Crippen molar-refractivity contribution in [1.82, 2.24) is 4.90 Å². The van der Waals surface area contributed by atoms with Crippen LogP contribution in [0.5, 0.6) is 0 Å². The van der Waals surface area contributed by atoms with Gasteiger partial charge in [0.1, 0.15) is 0 Å². The Balaban J connectivity index is 2.37. The number of likely N-dealkylation sites (tertiary alicyclic amines) is 1. The molecule has 0 aliphatic carbocycles. The van der Waals surface area contributed by atoms with Crippen LogP contribution in [0.3, 0.4) is 0 Å². The van der Waals surface area contributed by atoms with Gasteiger partial charge in [0.15, 0.2) is 0 Å². The van der Waals surface area contributed by atoms with Crippen LogP contribution in [0.4, 0.5) is 0 Å². The molecular formula is C11H19NO3. The van der Waals surface area contributed by atoms with E-state index < -0.39 is 5.97 Å². The summed E-state index contributed by atoms with van der Waals surface area (Å²) in [6.07, 6.45) is 2.46. The molecule has 2 unspecified atom stereocenters. The number of aliphatic hydroxyl groups excluding tert-OH is 1. The third-order valence-electron chi connectivity index (χ3n) is 2.98. The third-order valence-corrected chi connectivity index (χ3v) is 2.98. The van der Waals surface area contributed by atoms with Crippen LogP contribution in [-0.4, -0.2) is 46.8 Å². The molecule has 0 aromatic rings. The summed E-state index contributed by atoms with van der Waals surface area (Å²) in [6.45, 7) is 5.89. The molecule has 2 N–H and O–H groups in total. The molecule has 2 atom stereocenters. The highest BCUT2D eigenvalue weighted by Crippen LogP contribution is 2.19. The van der Waals surface area contributed by atoms with Crippen molar-refractivity contribution in [3.63, 3.8) is 0 Å². The number of nitrogens with zero attached hydrogens (tertiary/aromatic N) is 1. The van der Waals surface area contributed by atoms with E-state index in [4.69, 9.17) is 5.11 Å². The van der Waals surface area contributed by atoms with E-state index in [0.29, 0.717) is 18.0 Å². The maximum absolute atomic E-state index is 10.5. The molecule has 0 radical (unpaired) electrons. The van der Waals surface area contributed by atoms with Crippen molar-refractivity contribution < 1.29 is 15.0 Å². The van der Waals surface area contributed by atoms with E-state index in [0.717, 1.165) is 19.5 Å². The molecule has 0 spiro atoms. The number of hydrogen-bond acceptors (Lipinski definition) is 3. The second kappa shape index (κ2) is 5.28. The molecular weight excluding hydrogens is 194 g/mol. The highest BCUT2D eigenvalue weighted by Gasteiger charge is 2.25. The largest absolute Gasteiger partial charge is 0.478 e. The van der Waals surface area contributed by atoms with E-state index >= 15 is 0 Å². The average Bonchev–Trinajstić information content (AvgIpc) is 2.62. The Morgan fingerprint density at radius 2 is 2.33 bits per heavy atom. The van der Waals surface area contributed by atoms with Gasteiger partial charge >= 0.3 is 5.97 Å². The van der Waals surface area contributed by atoms with Crippen LogP contribution >= 0.6 is 0 Å². The van der Waals surface area contributed by atoms with Crippen molar-refractivity contribution in [2.45, 2.75) is 26.4 Å². The van der Waals surface area contributed by atoms with Crippen molar-refractivity contribution in [3.8, 4) is 0 Å².